The number of halogens is 2. The lowest BCUT2D eigenvalue weighted by Crippen LogP contribution is -2.18. The summed E-state index contributed by atoms with van der Waals surface area (Å²) >= 11 is 12.0. The Balaban J connectivity index is 2.47. The molecule has 0 spiro atoms. The number of ether oxygens (including phenoxy) is 1. The average molecular weight is 308 g/mol. The summed E-state index contributed by atoms with van der Waals surface area (Å²) in [4.78, 5) is 11.8. The van der Waals surface area contributed by atoms with E-state index in [1.165, 1.54) is 4.57 Å². The first-order valence-electron chi connectivity index (χ1n) is 5.76. The van der Waals surface area contributed by atoms with Crippen LogP contribution in [0.2, 0.25) is 10.0 Å². The molecule has 1 heterocycles. The molecule has 0 fully saturated rings. The fourth-order valence-corrected chi connectivity index (χ4v) is 2.25. The van der Waals surface area contributed by atoms with Gasteiger partial charge in [-0.05, 0) is 30.3 Å². The molecule has 0 aliphatic rings. The Labute approximate surface area is 126 Å². The van der Waals surface area contributed by atoms with Gasteiger partial charge in [0.25, 0.3) is 5.56 Å². The third-order valence-corrected chi connectivity index (χ3v) is 3.40. The molecule has 0 aliphatic carbocycles. The molecule has 2 aromatic rings. The highest BCUT2D eigenvalue weighted by molar-refractivity contribution is 6.33. The largest absolute Gasteiger partial charge is 0.481 e. The summed E-state index contributed by atoms with van der Waals surface area (Å²) in [5, 5.41) is 0.637. The monoisotopic (exact) mass is 307 g/mol. The van der Waals surface area contributed by atoms with E-state index >= 15 is 0 Å². The van der Waals surface area contributed by atoms with Crippen LogP contribution in [-0.4, -0.2) is 11.2 Å². The number of pyridine rings is 1. The first kappa shape index (κ1) is 14.5. The lowest BCUT2D eigenvalue weighted by Gasteiger charge is -2.11. The molecule has 0 radical (unpaired) electrons. The lowest BCUT2D eigenvalue weighted by molar-refractivity contribution is 0.370. The molecule has 3 nitrogen and oxygen atoms in total. The smallest absolute Gasteiger partial charge is 0.269 e. The maximum absolute atomic E-state index is 11.8. The summed E-state index contributed by atoms with van der Waals surface area (Å²) in [7, 11) is 1.64. The minimum Gasteiger partial charge on any atom is -0.481 e. The van der Waals surface area contributed by atoms with Gasteiger partial charge >= 0.3 is 0 Å². The highest BCUT2D eigenvalue weighted by Gasteiger charge is 2.10. The summed E-state index contributed by atoms with van der Waals surface area (Å²) in [6.07, 6.45) is 5.13. The Kier molecular flexibility index (Phi) is 4.39. The zero-order valence-corrected chi connectivity index (χ0v) is 12.2. The number of rotatable bonds is 3. The Bertz CT molecular complexity index is 745. The highest BCUT2D eigenvalue weighted by atomic mass is 35.5. The van der Waals surface area contributed by atoms with Crippen LogP contribution in [0.25, 0.3) is 11.3 Å². The van der Waals surface area contributed by atoms with Crippen molar-refractivity contribution in [3.63, 3.8) is 0 Å². The van der Waals surface area contributed by atoms with E-state index in [1.807, 2.05) is 0 Å². The molecule has 0 atom stereocenters. The second-order valence-electron chi connectivity index (χ2n) is 4.07. The van der Waals surface area contributed by atoms with Crippen LogP contribution in [0.4, 0.5) is 0 Å². The molecule has 5 heteroatoms. The Morgan fingerprint density at radius 1 is 1.25 bits per heavy atom. The number of terminal acetylenes is 1. The van der Waals surface area contributed by atoms with Gasteiger partial charge in [-0.15, -0.1) is 6.42 Å². The first-order chi connectivity index (χ1) is 9.54. The van der Waals surface area contributed by atoms with E-state index in [0.29, 0.717) is 16.5 Å². The number of hydrogen-bond donors (Lipinski definition) is 0. The second kappa shape index (κ2) is 6.04. The SMILES string of the molecule is C#CCOc1ccc(-c2ccc(Cl)c(=O)n2C)c(Cl)c1. The predicted molar refractivity (Wildman–Crippen MR) is 81.5 cm³/mol. The van der Waals surface area contributed by atoms with E-state index in [0.717, 1.165) is 5.56 Å². The second-order valence-corrected chi connectivity index (χ2v) is 4.88. The maximum Gasteiger partial charge on any atom is 0.269 e. The van der Waals surface area contributed by atoms with Crippen molar-refractivity contribution < 1.29 is 4.74 Å². The average Bonchev–Trinajstić information content (AvgIpc) is 2.44. The molecule has 1 aromatic heterocycles. The van der Waals surface area contributed by atoms with Gasteiger partial charge in [0.2, 0.25) is 0 Å². The maximum atomic E-state index is 11.8. The first-order valence-corrected chi connectivity index (χ1v) is 6.52. The van der Waals surface area contributed by atoms with Crippen LogP contribution in [0.5, 0.6) is 5.75 Å². The quantitative estimate of drug-likeness (QED) is 0.814. The van der Waals surface area contributed by atoms with Gasteiger partial charge < -0.3 is 9.30 Å². The van der Waals surface area contributed by atoms with E-state index in [4.69, 9.17) is 34.4 Å². The summed E-state index contributed by atoms with van der Waals surface area (Å²) in [5.41, 5.74) is 1.12. The van der Waals surface area contributed by atoms with Crippen molar-refractivity contribution in [2.45, 2.75) is 0 Å². The number of nitrogens with zero attached hydrogens (tertiary/aromatic N) is 1. The fourth-order valence-electron chi connectivity index (χ4n) is 1.79. The van der Waals surface area contributed by atoms with E-state index in [2.05, 4.69) is 5.92 Å². The molecule has 0 aliphatic heterocycles. The van der Waals surface area contributed by atoms with Crippen LogP contribution >= 0.6 is 23.2 Å². The molecular formula is C15H11Cl2NO2. The standard InChI is InChI=1S/C15H11Cl2NO2/c1-3-8-20-10-4-5-11(13(17)9-10)14-7-6-12(16)15(19)18(14)2/h1,4-7,9H,8H2,2H3. The van der Waals surface area contributed by atoms with E-state index in [-0.39, 0.29) is 17.2 Å². The molecule has 20 heavy (non-hydrogen) atoms. The van der Waals surface area contributed by atoms with E-state index in [1.54, 1.807) is 37.4 Å². The third kappa shape index (κ3) is 2.82. The lowest BCUT2D eigenvalue weighted by atomic mass is 10.1. The van der Waals surface area contributed by atoms with Gasteiger partial charge in [0.15, 0.2) is 0 Å². The van der Waals surface area contributed by atoms with Gasteiger partial charge in [0.1, 0.15) is 17.4 Å². The highest BCUT2D eigenvalue weighted by Crippen LogP contribution is 2.30. The Morgan fingerprint density at radius 3 is 2.65 bits per heavy atom. The van der Waals surface area contributed by atoms with E-state index in [9.17, 15) is 4.79 Å². The fraction of sp³-hybridized carbons (Fsp3) is 0.133. The van der Waals surface area contributed by atoms with Gasteiger partial charge in [0.05, 0.1) is 10.7 Å². The minimum atomic E-state index is -0.270. The van der Waals surface area contributed by atoms with Gasteiger partial charge in [-0.2, -0.15) is 0 Å². The van der Waals surface area contributed by atoms with Crippen molar-refractivity contribution >= 4 is 23.2 Å². The number of benzene rings is 1. The van der Waals surface area contributed by atoms with E-state index < -0.39 is 0 Å². The van der Waals surface area contributed by atoms with Crippen LogP contribution in [0.3, 0.4) is 0 Å². The normalized spacial score (nSPS) is 10.1. The van der Waals surface area contributed by atoms with Crippen LogP contribution < -0.4 is 10.3 Å². The molecular weight excluding hydrogens is 297 g/mol. The molecule has 102 valence electrons. The van der Waals surface area contributed by atoms with Crippen LogP contribution in [-0.2, 0) is 7.05 Å². The number of aromatic nitrogens is 1. The molecule has 0 saturated carbocycles. The summed E-state index contributed by atoms with van der Waals surface area (Å²) in [5.74, 6) is 2.96. The van der Waals surface area contributed by atoms with Crippen molar-refractivity contribution in [1.29, 1.82) is 0 Å². The topological polar surface area (TPSA) is 31.2 Å². The Morgan fingerprint density at radius 2 is 2.00 bits per heavy atom. The summed E-state index contributed by atoms with van der Waals surface area (Å²) < 4.78 is 6.74. The van der Waals surface area contributed by atoms with Crippen molar-refractivity contribution in [2.75, 3.05) is 6.61 Å². The molecule has 2 rings (SSSR count). The van der Waals surface area contributed by atoms with Crippen molar-refractivity contribution in [2.24, 2.45) is 7.05 Å². The van der Waals surface area contributed by atoms with Crippen molar-refractivity contribution in [3.05, 3.63) is 50.7 Å². The zero-order chi connectivity index (χ0) is 14.7. The van der Waals surface area contributed by atoms with Crippen LogP contribution in [0.1, 0.15) is 0 Å². The van der Waals surface area contributed by atoms with Gasteiger partial charge in [-0.3, -0.25) is 4.79 Å². The summed E-state index contributed by atoms with van der Waals surface area (Å²) in [6.45, 7) is 0.176. The van der Waals surface area contributed by atoms with Gasteiger partial charge in [-0.1, -0.05) is 29.1 Å². The van der Waals surface area contributed by atoms with Crippen molar-refractivity contribution in [3.8, 4) is 29.4 Å². The number of hydrogen-bond acceptors (Lipinski definition) is 2. The molecule has 0 amide bonds. The van der Waals surface area contributed by atoms with Gasteiger partial charge in [-0.25, -0.2) is 0 Å². The molecule has 0 saturated heterocycles. The van der Waals surface area contributed by atoms with Crippen LogP contribution in [0, 0.1) is 12.3 Å². The van der Waals surface area contributed by atoms with Gasteiger partial charge in [0, 0.05) is 12.6 Å². The molecule has 0 bridgehead atoms. The zero-order valence-electron chi connectivity index (χ0n) is 10.7. The Hall–Kier alpha value is -1.89. The molecule has 0 unspecified atom stereocenters. The third-order valence-electron chi connectivity index (χ3n) is 2.80. The summed E-state index contributed by atoms with van der Waals surface area (Å²) in [6, 6.07) is 8.48. The molecule has 0 N–H and O–H groups in total. The predicted octanol–water partition coefficient (Wildman–Crippen LogP) is 3.37. The van der Waals surface area contributed by atoms with Crippen LogP contribution in [0.15, 0.2) is 35.1 Å². The minimum absolute atomic E-state index is 0.168. The molecule has 1 aromatic carbocycles. The van der Waals surface area contributed by atoms with Crippen molar-refractivity contribution in [1.82, 2.24) is 4.57 Å².